The number of carbonyl (C=O) groups excluding carboxylic acids is 1. The molecule has 8 rings (SSSR count). The van der Waals surface area contributed by atoms with Gasteiger partial charge < -0.3 is 27.0 Å². The molecule has 0 radical (unpaired) electrons. The average molecular weight is 1130 g/mol. The molecule has 74 heavy (non-hydrogen) atoms. The fraction of sp³-hybridized carbons (Fsp3) is 0. The summed E-state index contributed by atoms with van der Waals surface area (Å²) in [6.45, 7) is 0. The van der Waals surface area contributed by atoms with Crippen LogP contribution in [0.1, 0.15) is 15.9 Å². The number of nitrogen functional groups attached to an aromatic ring is 1. The van der Waals surface area contributed by atoms with Crippen LogP contribution in [-0.2, 0) is 40.5 Å². The van der Waals surface area contributed by atoms with Crippen molar-refractivity contribution in [3.8, 4) is 0 Å². The van der Waals surface area contributed by atoms with Gasteiger partial charge in [-0.25, -0.2) is 0 Å². The van der Waals surface area contributed by atoms with Crippen molar-refractivity contribution in [2.75, 3.05) is 32.4 Å². The summed E-state index contributed by atoms with van der Waals surface area (Å²) in [6, 6.07) is 20.2. The highest BCUT2D eigenvalue weighted by Gasteiger charge is 2.30. The summed E-state index contributed by atoms with van der Waals surface area (Å²) < 4.78 is 136. The number of rotatable bonds is 16. The van der Waals surface area contributed by atoms with Gasteiger partial charge in [0.2, 0.25) is 40.1 Å². The first-order valence-electron chi connectivity index (χ1n) is 20.0. The lowest BCUT2D eigenvalue weighted by Gasteiger charge is -2.17. The molecule has 0 spiro atoms. The molecule has 28 nitrogen and oxygen atoms in total. The summed E-state index contributed by atoms with van der Waals surface area (Å²) in [5.74, 6) is -1.61. The number of Topliss-reactive ketones (excluding diaryl/α,β-unsaturated/α-hetero) is 1. The van der Waals surface area contributed by atoms with E-state index >= 15 is 0 Å². The smallest absolute Gasteiger partial charge is 0.296 e. The van der Waals surface area contributed by atoms with Gasteiger partial charge in [-0.2, -0.15) is 73.8 Å². The van der Waals surface area contributed by atoms with Crippen LogP contribution in [0.2, 0.25) is 10.6 Å². The Kier molecular flexibility index (Phi) is 14.4. The zero-order chi connectivity index (χ0) is 53.3. The van der Waals surface area contributed by atoms with Crippen LogP contribution in [0.25, 0.3) is 6.08 Å². The van der Waals surface area contributed by atoms with Crippen LogP contribution >= 0.6 is 23.2 Å². The van der Waals surface area contributed by atoms with E-state index in [0.717, 1.165) is 42.5 Å². The maximum atomic E-state index is 14.0. The summed E-state index contributed by atoms with van der Waals surface area (Å²) in [5.41, 5.74) is 6.98. The predicted octanol–water partition coefficient (Wildman–Crippen LogP) is 7.00. The Balaban J connectivity index is 1.04. The van der Waals surface area contributed by atoms with Crippen molar-refractivity contribution >= 4 is 151 Å². The van der Waals surface area contributed by atoms with E-state index in [9.17, 15) is 56.7 Å². The van der Waals surface area contributed by atoms with E-state index in [0.29, 0.717) is 0 Å². The highest BCUT2D eigenvalue weighted by molar-refractivity contribution is 7.86. The fourth-order valence-electron chi connectivity index (χ4n) is 6.54. The number of anilines is 10. The van der Waals surface area contributed by atoms with Crippen molar-refractivity contribution in [3.63, 3.8) is 0 Å². The first kappa shape index (κ1) is 52.2. The second kappa shape index (κ2) is 20.4. The average Bonchev–Trinajstić information content (AvgIpc) is 3.29. The lowest BCUT2D eigenvalue weighted by molar-refractivity contribution is 0.106. The van der Waals surface area contributed by atoms with Crippen LogP contribution in [0.4, 0.5) is 69.3 Å². The number of ketones is 1. The lowest BCUT2D eigenvalue weighted by atomic mass is 9.92. The summed E-state index contributed by atoms with van der Waals surface area (Å²) in [6.07, 6.45) is 2.34. The largest absolute Gasteiger partial charge is 0.396 e. The zero-order valence-corrected chi connectivity index (χ0v) is 41.1. The third-order valence-electron chi connectivity index (χ3n) is 9.66. The molecule has 34 heteroatoms. The monoisotopic (exact) mass is 1130 g/mol. The molecule has 11 N–H and O–H groups in total. The number of hydrazone groups is 1. The van der Waals surface area contributed by atoms with Gasteiger partial charge in [-0.3, -0.25) is 28.4 Å². The number of azo groups is 1. The van der Waals surface area contributed by atoms with Gasteiger partial charge in [0.25, 0.3) is 40.5 Å². The van der Waals surface area contributed by atoms with Gasteiger partial charge in [0, 0.05) is 22.7 Å². The molecule has 2 aromatic heterocycles. The number of hydrogen-bond acceptors (Lipinski definition) is 24. The van der Waals surface area contributed by atoms with Crippen molar-refractivity contribution in [1.29, 1.82) is 0 Å². The molecule has 0 saturated heterocycles. The molecule has 1 aliphatic rings. The normalized spacial score (nSPS) is 13.4. The van der Waals surface area contributed by atoms with Gasteiger partial charge in [0.05, 0.1) is 32.4 Å². The van der Waals surface area contributed by atoms with Crippen LogP contribution in [0.3, 0.4) is 0 Å². The second-order valence-electron chi connectivity index (χ2n) is 14.8. The Hall–Kier alpha value is -8.18. The SMILES string of the molecule is Nc1c(/N=N/c2cccc(Nc3nc(Cl)nc(Nc4cccc(S(=O)(=O)O)c4)n3)c2)c(S(=O)(=O)O)cc2c1C(=O)/C(=N\Nc1cc(Nc3nc(Cl)nc(Nc4cccc(S(=O)(=O)O)c4)n3)ccc1S(=O)(=O)O)C=C2. The van der Waals surface area contributed by atoms with E-state index in [-0.39, 0.29) is 73.9 Å². The van der Waals surface area contributed by atoms with Gasteiger partial charge in [0.1, 0.15) is 21.2 Å². The number of allylic oxidation sites excluding steroid dienone is 1. The van der Waals surface area contributed by atoms with Gasteiger partial charge in [-0.05, 0) is 114 Å². The molecular weight excluding hydrogens is 1100 g/mol. The number of halogens is 2. The Bertz CT molecular complexity index is 4040. The number of carbonyl (C=O) groups is 1. The number of nitrogens with one attached hydrogen (secondary N) is 5. The summed E-state index contributed by atoms with van der Waals surface area (Å²) in [5, 5.41) is 22.5. The molecule has 0 amide bonds. The Morgan fingerprint density at radius 3 is 1.47 bits per heavy atom. The first-order chi connectivity index (χ1) is 34.8. The maximum Gasteiger partial charge on any atom is 0.296 e. The third kappa shape index (κ3) is 12.5. The van der Waals surface area contributed by atoms with E-state index in [2.05, 4.69) is 71.9 Å². The van der Waals surface area contributed by atoms with Gasteiger partial charge in [-0.1, -0.05) is 24.3 Å². The lowest BCUT2D eigenvalue weighted by Crippen LogP contribution is -2.21. The number of nitrogens with zero attached hydrogens (tertiary/aromatic N) is 9. The topological polar surface area (TPSA) is 435 Å². The Morgan fingerprint density at radius 2 is 0.986 bits per heavy atom. The van der Waals surface area contributed by atoms with Crippen LogP contribution in [0.15, 0.2) is 138 Å². The number of benzene rings is 5. The van der Waals surface area contributed by atoms with Gasteiger partial charge in [0.15, 0.2) is 0 Å². The van der Waals surface area contributed by atoms with Crippen molar-refractivity contribution in [1.82, 2.24) is 29.9 Å². The van der Waals surface area contributed by atoms with E-state index in [1.807, 2.05) is 0 Å². The minimum absolute atomic E-state index is 0.0531. The molecule has 0 bridgehead atoms. The Labute approximate surface area is 427 Å². The van der Waals surface area contributed by atoms with Crippen LogP contribution in [0.5, 0.6) is 0 Å². The fourth-order valence-corrected chi connectivity index (χ4v) is 9.20. The maximum absolute atomic E-state index is 14.0. The van der Waals surface area contributed by atoms with Crippen LogP contribution in [0, 0.1) is 0 Å². The molecule has 0 atom stereocenters. The highest BCUT2D eigenvalue weighted by atomic mass is 35.5. The summed E-state index contributed by atoms with van der Waals surface area (Å²) in [4.78, 5) is 35.8. The van der Waals surface area contributed by atoms with Crippen molar-refractivity contribution in [3.05, 3.63) is 125 Å². The second-order valence-corrected chi connectivity index (χ2v) is 21.1. The van der Waals surface area contributed by atoms with Gasteiger partial charge >= 0.3 is 0 Å². The van der Waals surface area contributed by atoms with Crippen molar-refractivity contribution in [2.24, 2.45) is 15.3 Å². The molecule has 380 valence electrons. The van der Waals surface area contributed by atoms with Crippen LogP contribution < -0.4 is 32.4 Å². The summed E-state index contributed by atoms with van der Waals surface area (Å²) >= 11 is 12.2. The van der Waals surface area contributed by atoms with E-state index in [1.54, 1.807) is 6.07 Å². The number of hydrogen-bond donors (Lipinski definition) is 10. The number of nitrogens with two attached hydrogens (primary N) is 1. The molecular formula is C40H29Cl2N15O13S4. The molecule has 1 aliphatic carbocycles. The number of aromatic nitrogens is 6. The first-order valence-corrected chi connectivity index (χ1v) is 26.5. The molecule has 7 aromatic rings. The molecule has 5 aromatic carbocycles. The van der Waals surface area contributed by atoms with E-state index < -0.39 is 88.6 Å². The zero-order valence-electron chi connectivity index (χ0n) is 36.3. The minimum atomic E-state index is -5.09. The molecule has 0 fully saturated rings. The standard InChI is InChI=1S/C40H29Cl2N15O13S4/c41-35-48-37(52-38(49-35)45-21-5-2-8-25(16-21)71(59,60)61)44-20-4-1-7-24(15-20)54-57-33-30(74(68,69)70)14-19-10-12-27(34(58)31(19)32(33)43)55-56-28-18-23(11-13-29(28)73(65,66)67)47-40-51-36(42)50-39(53-40)46-22-6-3-9-26(17-22)72(62,63)64/h1-18,56H,43H2,(H,59,60,61)(H,62,63,64)(H,65,66,67)(H,68,69,70)(H2,44,45,48,49,52)(H2,46,47,50,51,53)/b55-27-,57-54+. The van der Waals surface area contributed by atoms with Crippen molar-refractivity contribution < 1.29 is 56.7 Å². The molecule has 0 aliphatic heterocycles. The molecule has 0 unspecified atom stereocenters. The molecule has 2 heterocycles. The van der Waals surface area contributed by atoms with E-state index in [4.69, 9.17) is 28.9 Å². The third-order valence-corrected chi connectivity index (χ3v) is 13.5. The predicted molar refractivity (Wildman–Crippen MR) is 267 cm³/mol. The number of fused-ring (bicyclic) bond motifs is 1. The van der Waals surface area contributed by atoms with E-state index in [1.165, 1.54) is 60.7 Å². The van der Waals surface area contributed by atoms with Gasteiger partial charge in [-0.15, -0.1) is 5.11 Å². The summed E-state index contributed by atoms with van der Waals surface area (Å²) in [7, 11) is -19.1. The minimum Gasteiger partial charge on any atom is -0.396 e. The highest BCUT2D eigenvalue weighted by Crippen LogP contribution is 2.40. The van der Waals surface area contributed by atoms with Crippen LogP contribution in [-0.4, -0.2) is 93.3 Å². The quantitative estimate of drug-likeness (QED) is 0.0201. The Morgan fingerprint density at radius 1 is 0.514 bits per heavy atom. The molecule has 0 saturated carbocycles. The van der Waals surface area contributed by atoms with Crippen molar-refractivity contribution in [2.45, 2.75) is 19.6 Å².